The second kappa shape index (κ2) is 6.41. The van der Waals surface area contributed by atoms with E-state index in [1.807, 2.05) is 12.3 Å². The van der Waals surface area contributed by atoms with Crippen LogP contribution in [0.1, 0.15) is 29.2 Å². The Bertz CT molecular complexity index is 744. The molecule has 0 saturated heterocycles. The highest BCUT2D eigenvalue weighted by atomic mass is 35.5. The Labute approximate surface area is 132 Å². The minimum Gasteiger partial charge on any atom is -0.392 e. The third-order valence-electron chi connectivity index (χ3n) is 2.84. The number of benzene rings is 1. The summed E-state index contributed by atoms with van der Waals surface area (Å²) < 4.78 is 27.3. The molecule has 1 unspecified atom stereocenters. The molecule has 0 fully saturated rings. The Hall–Kier alpha value is -0.990. The Morgan fingerprint density at radius 2 is 2.19 bits per heavy atom. The molecule has 1 heterocycles. The molecule has 0 amide bonds. The molecule has 8 heteroatoms. The van der Waals surface area contributed by atoms with Crippen LogP contribution in [0.2, 0.25) is 5.02 Å². The highest BCUT2D eigenvalue weighted by Gasteiger charge is 2.21. The van der Waals surface area contributed by atoms with Crippen molar-refractivity contribution >= 4 is 33.0 Å². The number of hydrogen-bond donors (Lipinski definition) is 2. The molecule has 1 aromatic carbocycles. The van der Waals surface area contributed by atoms with E-state index in [0.717, 1.165) is 5.69 Å². The number of aryl methyl sites for hydroxylation is 1. The van der Waals surface area contributed by atoms with Crippen LogP contribution in [0.15, 0.2) is 28.5 Å². The molecule has 0 bridgehead atoms. The zero-order valence-corrected chi connectivity index (χ0v) is 13.9. The number of nitrogens with one attached hydrogen (secondary N) is 1. The molecular formula is C13H15ClN2O3S2. The van der Waals surface area contributed by atoms with Gasteiger partial charge in [-0.2, -0.15) is 0 Å². The minimum absolute atomic E-state index is 0.0658. The van der Waals surface area contributed by atoms with Gasteiger partial charge in [0.05, 0.1) is 17.5 Å². The van der Waals surface area contributed by atoms with E-state index in [1.54, 1.807) is 6.92 Å². The second-order valence-electron chi connectivity index (χ2n) is 4.58. The average Bonchev–Trinajstić information content (AvgIpc) is 2.85. The summed E-state index contributed by atoms with van der Waals surface area (Å²) in [5, 5.41) is 12.1. The molecule has 0 spiro atoms. The van der Waals surface area contributed by atoms with Gasteiger partial charge in [-0.15, -0.1) is 11.3 Å². The molecule has 0 aliphatic heterocycles. The number of aromatic nitrogens is 1. The monoisotopic (exact) mass is 346 g/mol. The van der Waals surface area contributed by atoms with Crippen molar-refractivity contribution in [3.63, 3.8) is 0 Å². The van der Waals surface area contributed by atoms with Gasteiger partial charge in [0.15, 0.2) is 0 Å². The quantitative estimate of drug-likeness (QED) is 0.872. The van der Waals surface area contributed by atoms with Crippen molar-refractivity contribution in [1.29, 1.82) is 0 Å². The van der Waals surface area contributed by atoms with E-state index in [2.05, 4.69) is 9.71 Å². The molecule has 1 aromatic heterocycles. The fourth-order valence-corrected chi connectivity index (χ4v) is 4.08. The maximum atomic E-state index is 12.3. The Balaban J connectivity index is 2.26. The van der Waals surface area contributed by atoms with Crippen molar-refractivity contribution in [3.05, 3.63) is 44.9 Å². The summed E-state index contributed by atoms with van der Waals surface area (Å²) in [6, 6.07) is 3.80. The number of nitrogens with zero attached hydrogens (tertiary/aromatic N) is 1. The normalized spacial score (nSPS) is 13.3. The standard InChI is InChI=1S/C13H15ClN2O3S2/c1-8-7-20-13(15-8)9(2)16-21(18,19)11-3-4-12(14)10(5-11)6-17/h3-5,7,9,16-17H,6H2,1-2H3. The first-order valence-corrected chi connectivity index (χ1v) is 8.91. The Morgan fingerprint density at radius 3 is 2.76 bits per heavy atom. The summed E-state index contributed by atoms with van der Waals surface area (Å²) in [6.07, 6.45) is 0. The van der Waals surface area contributed by atoms with Gasteiger partial charge in [0.1, 0.15) is 5.01 Å². The predicted molar refractivity (Wildman–Crippen MR) is 83.0 cm³/mol. The molecule has 1 atom stereocenters. The van der Waals surface area contributed by atoms with Crippen LogP contribution in [-0.2, 0) is 16.6 Å². The number of rotatable bonds is 5. The zero-order chi connectivity index (χ0) is 15.6. The molecule has 0 aliphatic rings. The smallest absolute Gasteiger partial charge is 0.241 e. The van der Waals surface area contributed by atoms with Crippen molar-refractivity contribution in [1.82, 2.24) is 9.71 Å². The van der Waals surface area contributed by atoms with E-state index in [0.29, 0.717) is 15.6 Å². The number of aliphatic hydroxyl groups excluding tert-OH is 1. The lowest BCUT2D eigenvalue weighted by Gasteiger charge is -2.13. The molecule has 2 aromatic rings. The fourth-order valence-electron chi connectivity index (χ4n) is 1.76. The van der Waals surface area contributed by atoms with Gasteiger partial charge in [-0.3, -0.25) is 0 Å². The fraction of sp³-hybridized carbons (Fsp3) is 0.308. The van der Waals surface area contributed by atoms with Crippen LogP contribution in [-0.4, -0.2) is 18.5 Å². The van der Waals surface area contributed by atoms with Crippen molar-refractivity contribution in [2.75, 3.05) is 0 Å². The van der Waals surface area contributed by atoms with Crippen LogP contribution in [0.4, 0.5) is 0 Å². The summed E-state index contributed by atoms with van der Waals surface area (Å²) in [5.41, 5.74) is 1.23. The van der Waals surface area contributed by atoms with E-state index in [1.165, 1.54) is 29.5 Å². The van der Waals surface area contributed by atoms with Crippen LogP contribution in [0.5, 0.6) is 0 Å². The van der Waals surface area contributed by atoms with Gasteiger partial charge in [0.2, 0.25) is 10.0 Å². The van der Waals surface area contributed by atoms with Crippen molar-refractivity contribution in [2.45, 2.75) is 31.4 Å². The molecular weight excluding hydrogens is 332 g/mol. The number of sulfonamides is 1. The van der Waals surface area contributed by atoms with Crippen LogP contribution >= 0.6 is 22.9 Å². The second-order valence-corrected chi connectivity index (χ2v) is 7.59. The highest BCUT2D eigenvalue weighted by Crippen LogP contribution is 2.23. The first-order chi connectivity index (χ1) is 9.83. The molecule has 2 N–H and O–H groups in total. The largest absolute Gasteiger partial charge is 0.392 e. The van der Waals surface area contributed by atoms with Gasteiger partial charge in [-0.25, -0.2) is 18.1 Å². The van der Waals surface area contributed by atoms with Gasteiger partial charge in [-0.1, -0.05) is 11.6 Å². The van der Waals surface area contributed by atoms with Crippen LogP contribution in [0, 0.1) is 6.92 Å². The predicted octanol–water partition coefficient (Wildman–Crippen LogP) is 2.64. The SMILES string of the molecule is Cc1csc(C(C)NS(=O)(=O)c2ccc(Cl)c(CO)c2)n1. The number of hydrogen-bond acceptors (Lipinski definition) is 5. The first-order valence-electron chi connectivity index (χ1n) is 6.17. The number of aliphatic hydroxyl groups is 1. The number of halogens is 1. The summed E-state index contributed by atoms with van der Waals surface area (Å²) in [5.74, 6) is 0. The topological polar surface area (TPSA) is 79.3 Å². The van der Waals surface area contributed by atoms with Crippen molar-refractivity contribution < 1.29 is 13.5 Å². The minimum atomic E-state index is -3.70. The van der Waals surface area contributed by atoms with Crippen LogP contribution in [0.25, 0.3) is 0 Å². The molecule has 21 heavy (non-hydrogen) atoms. The summed E-state index contributed by atoms with van der Waals surface area (Å²) in [4.78, 5) is 4.33. The number of thiazole rings is 1. The lowest BCUT2D eigenvalue weighted by molar-refractivity contribution is 0.281. The van der Waals surface area contributed by atoms with E-state index in [9.17, 15) is 8.42 Å². The third-order valence-corrected chi connectivity index (χ3v) is 5.89. The molecule has 114 valence electrons. The van der Waals surface area contributed by atoms with Gasteiger partial charge >= 0.3 is 0 Å². The van der Waals surface area contributed by atoms with Gasteiger partial charge < -0.3 is 5.11 Å². The van der Waals surface area contributed by atoms with E-state index in [4.69, 9.17) is 16.7 Å². The van der Waals surface area contributed by atoms with E-state index >= 15 is 0 Å². The van der Waals surface area contributed by atoms with Crippen molar-refractivity contribution in [3.8, 4) is 0 Å². The van der Waals surface area contributed by atoms with Gasteiger partial charge in [0, 0.05) is 16.1 Å². The summed E-state index contributed by atoms with van der Waals surface area (Å²) in [7, 11) is -3.70. The molecule has 2 rings (SSSR count). The van der Waals surface area contributed by atoms with Crippen LogP contribution < -0.4 is 4.72 Å². The zero-order valence-electron chi connectivity index (χ0n) is 11.5. The molecule has 0 radical (unpaired) electrons. The summed E-state index contributed by atoms with van der Waals surface area (Å²) in [6.45, 7) is 3.27. The maximum Gasteiger partial charge on any atom is 0.241 e. The Morgan fingerprint density at radius 1 is 1.48 bits per heavy atom. The molecule has 5 nitrogen and oxygen atoms in total. The van der Waals surface area contributed by atoms with E-state index in [-0.39, 0.29) is 11.5 Å². The van der Waals surface area contributed by atoms with Gasteiger partial charge in [0.25, 0.3) is 0 Å². The van der Waals surface area contributed by atoms with Crippen LogP contribution in [0.3, 0.4) is 0 Å². The van der Waals surface area contributed by atoms with E-state index < -0.39 is 16.1 Å². The van der Waals surface area contributed by atoms with Gasteiger partial charge in [-0.05, 0) is 37.6 Å². The van der Waals surface area contributed by atoms with Crippen molar-refractivity contribution in [2.24, 2.45) is 0 Å². The maximum absolute atomic E-state index is 12.3. The summed E-state index contributed by atoms with van der Waals surface area (Å²) >= 11 is 7.27. The lowest BCUT2D eigenvalue weighted by Crippen LogP contribution is -2.27. The lowest BCUT2D eigenvalue weighted by atomic mass is 10.2. The third kappa shape index (κ3) is 3.81. The average molecular weight is 347 g/mol. The Kier molecular flexibility index (Phi) is 5.00. The molecule has 0 aliphatic carbocycles. The molecule has 0 saturated carbocycles. The highest BCUT2D eigenvalue weighted by molar-refractivity contribution is 7.89. The first kappa shape index (κ1) is 16.4.